The van der Waals surface area contributed by atoms with E-state index in [0.717, 1.165) is 26.1 Å². The molecule has 19 heavy (non-hydrogen) atoms. The molecular weight excluding hydrogens is 261 g/mol. The highest BCUT2D eigenvalue weighted by Crippen LogP contribution is 2.29. The van der Waals surface area contributed by atoms with Gasteiger partial charge in [0.15, 0.2) is 5.13 Å². The van der Waals surface area contributed by atoms with E-state index in [1.165, 1.54) is 10.4 Å². The van der Waals surface area contributed by atoms with E-state index in [9.17, 15) is 4.39 Å². The van der Waals surface area contributed by atoms with E-state index in [-0.39, 0.29) is 5.82 Å². The molecule has 0 bridgehead atoms. The fourth-order valence-corrected chi connectivity index (χ4v) is 3.33. The van der Waals surface area contributed by atoms with Crippen LogP contribution in [0, 0.1) is 5.82 Å². The molecule has 0 radical (unpaired) electrons. The molecule has 100 valence electrons. The van der Waals surface area contributed by atoms with Gasteiger partial charge in [0, 0.05) is 24.2 Å². The number of hydrogen-bond donors (Lipinski definition) is 1. The Hall–Kier alpha value is -1.46. The van der Waals surface area contributed by atoms with Gasteiger partial charge in [-0.25, -0.2) is 9.37 Å². The summed E-state index contributed by atoms with van der Waals surface area (Å²) in [5, 5.41) is 0.629. The van der Waals surface area contributed by atoms with Crippen LogP contribution >= 0.6 is 11.3 Å². The quantitative estimate of drug-likeness (QED) is 0.938. The smallest absolute Gasteiger partial charge is 0.180 e. The maximum Gasteiger partial charge on any atom is 0.180 e. The van der Waals surface area contributed by atoms with Gasteiger partial charge in [0.2, 0.25) is 0 Å². The van der Waals surface area contributed by atoms with Gasteiger partial charge >= 0.3 is 0 Å². The number of nitrogens with zero attached hydrogens (tertiary/aromatic N) is 2. The fourth-order valence-electron chi connectivity index (χ4n) is 2.60. The van der Waals surface area contributed by atoms with Gasteiger partial charge in [-0.15, -0.1) is 11.3 Å². The third kappa shape index (κ3) is 2.93. The molecule has 0 spiro atoms. The number of hydrogen-bond acceptors (Lipinski definition) is 4. The second-order valence-corrected chi connectivity index (χ2v) is 6.08. The van der Waals surface area contributed by atoms with Crippen LogP contribution in [-0.4, -0.2) is 23.0 Å². The van der Waals surface area contributed by atoms with E-state index in [1.54, 1.807) is 23.5 Å². The highest BCUT2D eigenvalue weighted by Gasteiger charge is 2.24. The third-order valence-electron chi connectivity index (χ3n) is 3.56. The molecule has 2 N–H and O–H groups in total. The van der Waals surface area contributed by atoms with E-state index in [2.05, 4.69) is 9.88 Å². The van der Waals surface area contributed by atoms with Gasteiger partial charge in [0.05, 0.1) is 0 Å². The zero-order valence-electron chi connectivity index (χ0n) is 10.6. The van der Waals surface area contributed by atoms with Gasteiger partial charge in [-0.3, -0.25) is 4.90 Å². The Balaban J connectivity index is 1.62. The number of nitrogens with two attached hydrogens (primary N) is 1. The number of benzene rings is 1. The van der Waals surface area contributed by atoms with E-state index < -0.39 is 0 Å². The summed E-state index contributed by atoms with van der Waals surface area (Å²) in [4.78, 5) is 7.68. The minimum Gasteiger partial charge on any atom is -0.375 e. The third-order valence-corrected chi connectivity index (χ3v) is 4.38. The molecule has 1 atom stereocenters. The Kier molecular flexibility index (Phi) is 3.48. The van der Waals surface area contributed by atoms with Gasteiger partial charge < -0.3 is 5.73 Å². The van der Waals surface area contributed by atoms with E-state index in [4.69, 9.17) is 5.73 Å². The number of rotatable bonds is 3. The minimum absolute atomic E-state index is 0.168. The van der Waals surface area contributed by atoms with Crippen LogP contribution in [0.25, 0.3) is 0 Å². The molecule has 2 heterocycles. The van der Waals surface area contributed by atoms with Gasteiger partial charge in [-0.2, -0.15) is 0 Å². The second kappa shape index (κ2) is 5.27. The summed E-state index contributed by atoms with van der Waals surface area (Å²) in [6, 6.07) is 6.88. The number of likely N-dealkylation sites (tertiary alicyclic amines) is 1. The van der Waals surface area contributed by atoms with Gasteiger partial charge in [0.25, 0.3) is 0 Å². The van der Waals surface area contributed by atoms with Crippen molar-refractivity contribution in [2.45, 2.75) is 18.9 Å². The molecule has 1 aromatic carbocycles. The number of anilines is 1. The highest BCUT2D eigenvalue weighted by atomic mass is 32.1. The maximum atomic E-state index is 12.9. The van der Waals surface area contributed by atoms with Crippen molar-refractivity contribution in [3.05, 3.63) is 46.7 Å². The number of aromatic nitrogens is 1. The lowest BCUT2D eigenvalue weighted by Gasteiger charge is -2.14. The van der Waals surface area contributed by atoms with Gasteiger partial charge in [0.1, 0.15) is 5.82 Å². The maximum absolute atomic E-state index is 12.9. The minimum atomic E-state index is -0.168. The summed E-state index contributed by atoms with van der Waals surface area (Å²) < 4.78 is 12.9. The Morgan fingerprint density at radius 1 is 1.37 bits per heavy atom. The molecule has 3 rings (SSSR count). The van der Waals surface area contributed by atoms with Crippen LogP contribution in [0.1, 0.15) is 22.8 Å². The van der Waals surface area contributed by atoms with Crippen molar-refractivity contribution in [1.82, 2.24) is 9.88 Å². The van der Waals surface area contributed by atoms with Crippen LogP contribution in [0.5, 0.6) is 0 Å². The predicted molar refractivity (Wildman–Crippen MR) is 75.6 cm³/mol. The zero-order valence-corrected chi connectivity index (χ0v) is 11.4. The lowest BCUT2D eigenvalue weighted by molar-refractivity contribution is 0.329. The van der Waals surface area contributed by atoms with E-state index in [0.29, 0.717) is 11.0 Å². The molecule has 0 aliphatic carbocycles. The van der Waals surface area contributed by atoms with Crippen molar-refractivity contribution in [3.63, 3.8) is 0 Å². The Morgan fingerprint density at radius 3 is 2.84 bits per heavy atom. The highest BCUT2D eigenvalue weighted by molar-refractivity contribution is 7.15. The van der Waals surface area contributed by atoms with Crippen LogP contribution < -0.4 is 5.73 Å². The van der Waals surface area contributed by atoms with Gasteiger partial charge in [-0.1, -0.05) is 12.1 Å². The normalized spacial score (nSPS) is 19.9. The van der Waals surface area contributed by atoms with Crippen LogP contribution in [0.4, 0.5) is 9.52 Å². The second-order valence-electron chi connectivity index (χ2n) is 4.94. The average molecular weight is 277 g/mol. The lowest BCUT2D eigenvalue weighted by atomic mass is 9.99. The van der Waals surface area contributed by atoms with E-state index in [1.807, 2.05) is 18.3 Å². The number of nitrogen functional groups attached to an aromatic ring is 1. The number of halogens is 1. The molecule has 3 nitrogen and oxygen atoms in total. The Labute approximate surface area is 115 Å². The molecule has 2 aromatic rings. The fraction of sp³-hybridized carbons (Fsp3) is 0.357. The topological polar surface area (TPSA) is 42.1 Å². The molecule has 0 amide bonds. The number of thiazole rings is 1. The van der Waals surface area contributed by atoms with Gasteiger partial charge in [-0.05, 0) is 36.6 Å². The first kappa shape index (κ1) is 12.6. The van der Waals surface area contributed by atoms with E-state index >= 15 is 0 Å². The molecule has 1 saturated heterocycles. The van der Waals surface area contributed by atoms with Crippen molar-refractivity contribution in [3.8, 4) is 0 Å². The summed E-state index contributed by atoms with van der Waals surface area (Å²) >= 11 is 1.55. The molecule has 1 aliphatic rings. The van der Waals surface area contributed by atoms with Crippen LogP contribution in [0.15, 0.2) is 30.5 Å². The molecule has 1 unspecified atom stereocenters. The van der Waals surface area contributed by atoms with Crippen LogP contribution in [0.2, 0.25) is 0 Å². The summed E-state index contributed by atoms with van der Waals surface area (Å²) in [5.41, 5.74) is 6.87. The Morgan fingerprint density at radius 2 is 2.16 bits per heavy atom. The summed E-state index contributed by atoms with van der Waals surface area (Å²) in [5.74, 6) is 0.338. The van der Waals surface area contributed by atoms with Crippen LogP contribution in [0.3, 0.4) is 0 Å². The average Bonchev–Trinajstić information content (AvgIpc) is 3.00. The molecule has 1 fully saturated rings. The molecule has 1 aliphatic heterocycles. The Bertz CT molecular complexity index is 552. The molecule has 1 aromatic heterocycles. The SMILES string of the molecule is Nc1ncc(CN2CCC(c3ccc(F)cc3)C2)s1. The van der Waals surface area contributed by atoms with Crippen molar-refractivity contribution < 1.29 is 4.39 Å². The first-order valence-electron chi connectivity index (χ1n) is 6.39. The lowest BCUT2D eigenvalue weighted by Crippen LogP contribution is -2.19. The first-order valence-corrected chi connectivity index (χ1v) is 7.20. The monoisotopic (exact) mass is 277 g/mol. The summed E-state index contributed by atoms with van der Waals surface area (Å²) in [7, 11) is 0. The molecule has 0 saturated carbocycles. The van der Waals surface area contributed by atoms with Crippen molar-refractivity contribution in [2.24, 2.45) is 0 Å². The summed E-state index contributed by atoms with van der Waals surface area (Å²) in [6.07, 6.45) is 2.98. The largest absolute Gasteiger partial charge is 0.375 e. The van der Waals surface area contributed by atoms with Crippen molar-refractivity contribution in [1.29, 1.82) is 0 Å². The first-order chi connectivity index (χ1) is 9.20. The van der Waals surface area contributed by atoms with Crippen LogP contribution in [-0.2, 0) is 6.54 Å². The molecule has 5 heteroatoms. The van der Waals surface area contributed by atoms with Crippen molar-refractivity contribution in [2.75, 3.05) is 18.8 Å². The predicted octanol–water partition coefficient (Wildman–Crippen LogP) is 2.85. The zero-order chi connectivity index (χ0) is 13.2. The summed E-state index contributed by atoms with van der Waals surface area (Å²) in [6.45, 7) is 3.00. The standard InChI is InChI=1S/C14H16FN3S/c15-12-3-1-10(2-4-12)11-5-6-18(8-11)9-13-7-17-14(16)19-13/h1-4,7,11H,5-6,8-9H2,(H2,16,17). The molecular formula is C14H16FN3S. The van der Waals surface area contributed by atoms with Crippen molar-refractivity contribution >= 4 is 16.5 Å².